The number of nitrogen functional groups attached to an aromatic ring is 1. The summed E-state index contributed by atoms with van der Waals surface area (Å²) in [5.41, 5.74) is 9.84. The van der Waals surface area contributed by atoms with Crippen LogP contribution in [0.1, 0.15) is 0 Å². The van der Waals surface area contributed by atoms with Crippen molar-refractivity contribution in [3.8, 4) is 27.4 Å². The number of anilines is 1. The molecule has 8 nitrogen and oxygen atoms in total. The average molecular weight is 490 g/mol. The number of pyridine rings is 1. The second-order valence-corrected chi connectivity index (χ2v) is 9.43. The fourth-order valence-electron chi connectivity index (χ4n) is 4.13. The Morgan fingerprint density at radius 1 is 1.06 bits per heavy atom. The van der Waals surface area contributed by atoms with Crippen LogP contribution in [0.2, 0.25) is 0 Å². The number of thiazole rings is 1. The van der Waals surface area contributed by atoms with Crippen LogP contribution in [-0.4, -0.2) is 76.7 Å². The second kappa shape index (κ2) is 10.4. The summed E-state index contributed by atoms with van der Waals surface area (Å²) in [6.45, 7) is 3.65. The van der Waals surface area contributed by atoms with E-state index in [2.05, 4.69) is 9.88 Å². The summed E-state index contributed by atoms with van der Waals surface area (Å²) in [6, 6.07) is 17.6. The monoisotopic (exact) mass is 489 g/mol. The maximum absolute atomic E-state index is 12.5. The Bertz CT molecular complexity index is 1280. The van der Waals surface area contributed by atoms with Crippen LogP contribution in [0.3, 0.4) is 0 Å². The van der Waals surface area contributed by atoms with Gasteiger partial charge in [0.1, 0.15) is 16.6 Å². The van der Waals surface area contributed by atoms with Crippen LogP contribution < -0.4 is 10.5 Å². The Kier molecular flexibility index (Phi) is 6.89. The number of carbonyl (C=O) groups is 1. The van der Waals surface area contributed by atoms with Crippen molar-refractivity contribution in [1.29, 1.82) is 0 Å². The number of aliphatic hydroxyl groups is 1. The molecule has 2 aromatic carbocycles. The number of aliphatic hydroxyl groups excluding tert-OH is 1. The Balaban J connectivity index is 1.23. The number of piperazine rings is 1. The Hall–Kier alpha value is -3.53. The molecule has 0 aliphatic carbocycles. The summed E-state index contributed by atoms with van der Waals surface area (Å²) in [5, 5.41) is 9.89. The maximum Gasteiger partial charge on any atom is 0.260 e. The molecule has 2 aromatic heterocycles. The minimum atomic E-state index is -0.0269. The van der Waals surface area contributed by atoms with Crippen molar-refractivity contribution < 1.29 is 14.6 Å². The molecule has 5 rings (SSSR count). The SMILES string of the molecule is Nc1ncc(-c2ccc(OCC(=O)N3CCN(CCO)CC3)cc2)cc1-c1nc2ccccc2s1. The van der Waals surface area contributed by atoms with Crippen molar-refractivity contribution in [3.05, 3.63) is 60.8 Å². The summed E-state index contributed by atoms with van der Waals surface area (Å²) in [6.07, 6.45) is 1.75. The first-order chi connectivity index (χ1) is 17.1. The van der Waals surface area contributed by atoms with E-state index in [1.54, 1.807) is 17.5 Å². The molecule has 0 radical (unpaired) electrons. The van der Waals surface area contributed by atoms with Crippen LogP contribution in [0.4, 0.5) is 5.82 Å². The van der Waals surface area contributed by atoms with E-state index < -0.39 is 0 Å². The molecule has 0 saturated carbocycles. The summed E-state index contributed by atoms with van der Waals surface area (Å²) in [5.74, 6) is 1.06. The van der Waals surface area contributed by atoms with E-state index in [4.69, 9.17) is 20.6 Å². The highest BCUT2D eigenvalue weighted by Crippen LogP contribution is 2.35. The number of nitrogens with two attached hydrogens (primary N) is 1. The highest BCUT2D eigenvalue weighted by Gasteiger charge is 2.21. The number of para-hydroxylation sites is 1. The molecule has 3 N–H and O–H groups in total. The smallest absolute Gasteiger partial charge is 0.260 e. The van der Waals surface area contributed by atoms with Gasteiger partial charge in [0.25, 0.3) is 5.91 Å². The number of aromatic nitrogens is 2. The summed E-state index contributed by atoms with van der Waals surface area (Å²) >= 11 is 1.59. The molecule has 35 heavy (non-hydrogen) atoms. The highest BCUT2D eigenvalue weighted by atomic mass is 32.1. The van der Waals surface area contributed by atoms with Crippen molar-refractivity contribution in [1.82, 2.24) is 19.8 Å². The van der Waals surface area contributed by atoms with Crippen LogP contribution in [0.5, 0.6) is 5.75 Å². The lowest BCUT2D eigenvalue weighted by Crippen LogP contribution is -2.50. The van der Waals surface area contributed by atoms with Crippen LogP contribution in [0.15, 0.2) is 60.8 Å². The molecular formula is C26H27N5O3S. The number of hydrogen-bond acceptors (Lipinski definition) is 8. The van der Waals surface area contributed by atoms with E-state index in [1.165, 1.54) is 0 Å². The van der Waals surface area contributed by atoms with Crippen molar-refractivity contribution in [2.75, 3.05) is 51.7 Å². The minimum Gasteiger partial charge on any atom is -0.484 e. The first-order valence-corrected chi connectivity index (χ1v) is 12.4. The normalized spacial score (nSPS) is 14.4. The van der Waals surface area contributed by atoms with Crippen LogP contribution in [-0.2, 0) is 4.79 Å². The summed E-state index contributed by atoms with van der Waals surface area (Å²) in [4.78, 5) is 25.6. The van der Waals surface area contributed by atoms with Gasteiger partial charge in [0, 0.05) is 44.5 Å². The van der Waals surface area contributed by atoms with Gasteiger partial charge in [0.2, 0.25) is 0 Å². The third-order valence-corrected chi connectivity index (χ3v) is 7.20. The first kappa shape index (κ1) is 23.2. The Labute approximate surface area is 207 Å². The molecular weight excluding hydrogens is 462 g/mol. The van der Waals surface area contributed by atoms with Gasteiger partial charge in [0.15, 0.2) is 6.61 Å². The Morgan fingerprint density at radius 2 is 1.83 bits per heavy atom. The Morgan fingerprint density at radius 3 is 2.57 bits per heavy atom. The van der Waals surface area contributed by atoms with E-state index in [1.807, 2.05) is 59.5 Å². The molecule has 0 spiro atoms. The van der Waals surface area contributed by atoms with Gasteiger partial charge < -0.3 is 20.5 Å². The standard InChI is InChI=1S/C26H27N5O3S/c27-25-21(26-29-22-3-1-2-4-23(22)35-26)15-19(16-28-25)18-5-7-20(8-6-18)34-17-24(33)31-11-9-30(10-12-31)13-14-32/h1-8,15-16,32H,9-14,17H2,(H2,27,28). The zero-order valence-corrected chi connectivity index (χ0v) is 20.1. The van der Waals surface area contributed by atoms with Gasteiger partial charge in [-0.2, -0.15) is 0 Å². The van der Waals surface area contributed by atoms with Crippen molar-refractivity contribution in [3.63, 3.8) is 0 Å². The largest absolute Gasteiger partial charge is 0.484 e. The predicted molar refractivity (Wildman–Crippen MR) is 138 cm³/mol. The summed E-state index contributed by atoms with van der Waals surface area (Å²) < 4.78 is 6.85. The number of nitrogens with zero attached hydrogens (tertiary/aromatic N) is 4. The molecule has 1 aliphatic heterocycles. The molecule has 0 atom stereocenters. The number of benzene rings is 2. The van der Waals surface area contributed by atoms with E-state index in [0.717, 1.165) is 45.0 Å². The molecule has 1 amide bonds. The molecule has 0 bridgehead atoms. The number of β-amino-alcohol motifs (C(OH)–C–C–N with tert-alkyl or cyclic N) is 1. The number of fused-ring (bicyclic) bond motifs is 1. The molecule has 3 heterocycles. The molecule has 4 aromatic rings. The zero-order chi connectivity index (χ0) is 24.2. The van der Waals surface area contributed by atoms with Crippen molar-refractivity contribution in [2.24, 2.45) is 0 Å². The first-order valence-electron chi connectivity index (χ1n) is 11.6. The third-order valence-electron chi connectivity index (χ3n) is 6.13. The fraction of sp³-hybridized carbons (Fsp3) is 0.269. The van der Waals surface area contributed by atoms with Gasteiger partial charge in [-0.25, -0.2) is 9.97 Å². The number of amides is 1. The predicted octanol–water partition coefficient (Wildman–Crippen LogP) is 3.12. The van der Waals surface area contributed by atoms with Crippen LogP contribution in [0.25, 0.3) is 31.9 Å². The molecule has 1 fully saturated rings. The van der Waals surface area contributed by atoms with Crippen LogP contribution >= 0.6 is 11.3 Å². The minimum absolute atomic E-state index is 0.00449. The number of carbonyl (C=O) groups excluding carboxylic acids is 1. The number of rotatable bonds is 7. The number of ether oxygens (including phenoxy) is 1. The molecule has 180 valence electrons. The number of hydrogen-bond donors (Lipinski definition) is 2. The molecule has 9 heteroatoms. The molecule has 1 aliphatic rings. The lowest BCUT2D eigenvalue weighted by molar-refractivity contribution is -0.135. The fourth-order valence-corrected chi connectivity index (χ4v) is 5.12. The third kappa shape index (κ3) is 5.27. The van der Waals surface area contributed by atoms with Crippen molar-refractivity contribution in [2.45, 2.75) is 0 Å². The van der Waals surface area contributed by atoms with E-state index in [0.29, 0.717) is 31.2 Å². The van der Waals surface area contributed by atoms with Gasteiger partial charge in [-0.15, -0.1) is 11.3 Å². The average Bonchev–Trinajstić information content (AvgIpc) is 3.33. The van der Waals surface area contributed by atoms with Crippen LogP contribution in [0, 0.1) is 0 Å². The van der Waals surface area contributed by atoms with E-state index in [9.17, 15) is 4.79 Å². The quantitative estimate of drug-likeness (QED) is 0.411. The van der Waals surface area contributed by atoms with Gasteiger partial charge in [-0.05, 0) is 35.9 Å². The lowest BCUT2D eigenvalue weighted by atomic mass is 10.1. The van der Waals surface area contributed by atoms with Gasteiger partial charge in [-0.1, -0.05) is 24.3 Å². The van der Waals surface area contributed by atoms with E-state index in [-0.39, 0.29) is 19.1 Å². The van der Waals surface area contributed by atoms with E-state index >= 15 is 0 Å². The topological polar surface area (TPSA) is 105 Å². The second-order valence-electron chi connectivity index (χ2n) is 8.40. The van der Waals surface area contributed by atoms with Gasteiger partial charge in [0.05, 0.1) is 22.4 Å². The molecule has 1 saturated heterocycles. The summed E-state index contributed by atoms with van der Waals surface area (Å²) in [7, 11) is 0. The molecule has 0 unspecified atom stereocenters. The van der Waals surface area contributed by atoms with Crippen molar-refractivity contribution >= 4 is 33.3 Å². The lowest BCUT2D eigenvalue weighted by Gasteiger charge is -2.34. The maximum atomic E-state index is 12.5. The zero-order valence-electron chi connectivity index (χ0n) is 19.3. The highest BCUT2D eigenvalue weighted by molar-refractivity contribution is 7.21. The van der Waals surface area contributed by atoms with Gasteiger partial charge in [-0.3, -0.25) is 9.69 Å². The van der Waals surface area contributed by atoms with Gasteiger partial charge >= 0.3 is 0 Å².